The Morgan fingerprint density at radius 3 is 2.90 bits per heavy atom. The maximum atomic E-state index is 4.67. The standard InChI is InChI=1S/C15H24BrN3S/c1-11-10-19(5-6-20-11)14-12(7-13(16)9-17-14)8-18-15(2,3)4/h7,9,11,18H,5-6,8,10H2,1-4H3. The summed E-state index contributed by atoms with van der Waals surface area (Å²) in [6, 6.07) is 2.19. The van der Waals surface area contributed by atoms with E-state index in [1.807, 2.05) is 18.0 Å². The first kappa shape index (κ1) is 16.1. The van der Waals surface area contributed by atoms with E-state index in [2.05, 4.69) is 64.9 Å². The van der Waals surface area contributed by atoms with Crippen LogP contribution in [0.1, 0.15) is 33.3 Å². The van der Waals surface area contributed by atoms with Crippen LogP contribution >= 0.6 is 27.7 Å². The van der Waals surface area contributed by atoms with Crippen molar-refractivity contribution in [1.29, 1.82) is 0 Å². The van der Waals surface area contributed by atoms with Gasteiger partial charge in [-0.1, -0.05) is 6.92 Å². The Morgan fingerprint density at radius 2 is 2.25 bits per heavy atom. The first-order valence-electron chi connectivity index (χ1n) is 7.11. The summed E-state index contributed by atoms with van der Waals surface area (Å²) >= 11 is 5.59. The third-order valence-corrected chi connectivity index (χ3v) is 4.83. The van der Waals surface area contributed by atoms with Gasteiger partial charge in [-0.2, -0.15) is 11.8 Å². The molecular formula is C15H24BrN3S. The van der Waals surface area contributed by atoms with E-state index >= 15 is 0 Å². The number of nitrogens with zero attached hydrogens (tertiary/aromatic N) is 2. The lowest BCUT2D eigenvalue weighted by atomic mass is 10.1. The second-order valence-electron chi connectivity index (χ2n) is 6.37. The molecule has 1 atom stereocenters. The molecule has 1 aliphatic rings. The summed E-state index contributed by atoms with van der Waals surface area (Å²) in [5.74, 6) is 2.32. The monoisotopic (exact) mass is 357 g/mol. The quantitative estimate of drug-likeness (QED) is 0.892. The van der Waals surface area contributed by atoms with Crippen LogP contribution in [-0.2, 0) is 6.54 Å². The molecule has 0 radical (unpaired) electrons. The number of thioether (sulfide) groups is 1. The molecular weight excluding hydrogens is 334 g/mol. The zero-order valence-electron chi connectivity index (χ0n) is 12.7. The summed E-state index contributed by atoms with van der Waals surface area (Å²) in [7, 11) is 0. The van der Waals surface area contributed by atoms with Crippen LogP contribution in [0.3, 0.4) is 0 Å². The van der Waals surface area contributed by atoms with Crippen LogP contribution in [0.5, 0.6) is 0 Å². The highest BCUT2D eigenvalue weighted by Crippen LogP contribution is 2.27. The predicted molar refractivity (Wildman–Crippen MR) is 92.7 cm³/mol. The van der Waals surface area contributed by atoms with Crippen molar-refractivity contribution in [2.24, 2.45) is 0 Å². The Balaban J connectivity index is 2.18. The first-order chi connectivity index (χ1) is 9.35. The molecule has 1 unspecified atom stereocenters. The molecule has 0 bridgehead atoms. The normalized spacial score (nSPS) is 20.2. The number of aromatic nitrogens is 1. The molecule has 0 spiro atoms. The molecule has 1 aromatic heterocycles. The molecule has 0 aliphatic carbocycles. The number of pyridine rings is 1. The van der Waals surface area contributed by atoms with Gasteiger partial charge in [0.05, 0.1) is 0 Å². The van der Waals surface area contributed by atoms with Gasteiger partial charge < -0.3 is 10.2 Å². The largest absolute Gasteiger partial charge is 0.354 e. The van der Waals surface area contributed by atoms with Crippen molar-refractivity contribution in [2.45, 2.75) is 45.0 Å². The van der Waals surface area contributed by atoms with Gasteiger partial charge in [-0.25, -0.2) is 4.98 Å². The molecule has 5 heteroatoms. The van der Waals surface area contributed by atoms with Crippen molar-refractivity contribution in [2.75, 3.05) is 23.7 Å². The molecule has 112 valence electrons. The van der Waals surface area contributed by atoms with E-state index in [0.29, 0.717) is 5.25 Å². The molecule has 1 saturated heterocycles. The van der Waals surface area contributed by atoms with Crippen LogP contribution in [0, 0.1) is 0 Å². The Bertz CT molecular complexity index is 459. The van der Waals surface area contributed by atoms with E-state index in [9.17, 15) is 0 Å². The zero-order valence-corrected chi connectivity index (χ0v) is 15.1. The molecule has 1 aromatic rings. The van der Waals surface area contributed by atoms with Crippen molar-refractivity contribution in [3.63, 3.8) is 0 Å². The average molecular weight is 358 g/mol. The summed E-state index contributed by atoms with van der Waals surface area (Å²) in [5, 5.41) is 4.24. The minimum absolute atomic E-state index is 0.116. The van der Waals surface area contributed by atoms with Gasteiger partial charge in [0.2, 0.25) is 0 Å². The van der Waals surface area contributed by atoms with Gasteiger partial charge in [0.1, 0.15) is 5.82 Å². The third kappa shape index (κ3) is 4.64. The van der Waals surface area contributed by atoms with E-state index < -0.39 is 0 Å². The highest BCUT2D eigenvalue weighted by atomic mass is 79.9. The number of rotatable bonds is 3. The van der Waals surface area contributed by atoms with Crippen LogP contribution in [-0.4, -0.2) is 34.6 Å². The van der Waals surface area contributed by atoms with E-state index in [1.165, 1.54) is 11.3 Å². The molecule has 20 heavy (non-hydrogen) atoms. The Kier molecular flexibility index (Phi) is 5.37. The van der Waals surface area contributed by atoms with Crippen LogP contribution in [0.15, 0.2) is 16.7 Å². The number of halogens is 1. The summed E-state index contributed by atoms with van der Waals surface area (Å²) in [6.07, 6.45) is 1.91. The van der Waals surface area contributed by atoms with Gasteiger partial charge in [-0.3, -0.25) is 0 Å². The number of anilines is 1. The molecule has 1 fully saturated rings. The van der Waals surface area contributed by atoms with E-state index in [4.69, 9.17) is 0 Å². The summed E-state index contributed by atoms with van der Waals surface area (Å²) in [4.78, 5) is 7.09. The molecule has 0 saturated carbocycles. The SMILES string of the molecule is CC1CN(c2ncc(Br)cc2CNC(C)(C)C)CCS1. The van der Waals surface area contributed by atoms with Crippen LogP contribution < -0.4 is 10.2 Å². The number of hydrogen-bond donors (Lipinski definition) is 1. The Labute approximate surface area is 135 Å². The fourth-order valence-corrected chi connectivity index (χ4v) is 3.65. The molecule has 0 amide bonds. The molecule has 2 heterocycles. The van der Waals surface area contributed by atoms with Crippen molar-refractivity contribution in [3.05, 3.63) is 22.3 Å². The maximum absolute atomic E-state index is 4.67. The topological polar surface area (TPSA) is 28.2 Å². The highest BCUT2D eigenvalue weighted by Gasteiger charge is 2.21. The van der Waals surface area contributed by atoms with Crippen LogP contribution in [0.2, 0.25) is 0 Å². The Hall–Kier alpha value is -0.260. The zero-order chi connectivity index (χ0) is 14.8. The van der Waals surface area contributed by atoms with E-state index in [0.717, 1.165) is 29.9 Å². The van der Waals surface area contributed by atoms with Gasteiger partial charge >= 0.3 is 0 Å². The lowest BCUT2D eigenvalue weighted by Crippen LogP contribution is -2.39. The van der Waals surface area contributed by atoms with Gasteiger partial charge in [0.25, 0.3) is 0 Å². The van der Waals surface area contributed by atoms with E-state index in [1.54, 1.807) is 0 Å². The molecule has 0 aromatic carbocycles. The summed E-state index contributed by atoms with van der Waals surface area (Å²) in [5.41, 5.74) is 1.39. The van der Waals surface area contributed by atoms with Crippen molar-refractivity contribution in [1.82, 2.24) is 10.3 Å². The van der Waals surface area contributed by atoms with Gasteiger partial charge in [0, 0.05) is 52.4 Å². The lowest BCUT2D eigenvalue weighted by Gasteiger charge is -2.33. The summed E-state index contributed by atoms with van der Waals surface area (Å²) < 4.78 is 1.05. The van der Waals surface area contributed by atoms with Crippen molar-refractivity contribution >= 4 is 33.5 Å². The van der Waals surface area contributed by atoms with Gasteiger partial charge in [-0.05, 0) is 42.8 Å². The fourth-order valence-electron chi connectivity index (χ4n) is 2.26. The molecule has 2 rings (SSSR count). The Morgan fingerprint density at radius 1 is 1.50 bits per heavy atom. The van der Waals surface area contributed by atoms with E-state index in [-0.39, 0.29) is 5.54 Å². The lowest BCUT2D eigenvalue weighted by molar-refractivity contribution is 0.424. The minimum Gasteiger partial charge on any atom is -0.354 e. The van der Waals surface area contributed by atoms with Crippen LogP contribution in [0.25, 0.3) is 0 Å². The molecule has 1 N–H and O–H groups in total. The summed E-state index contributed by atoms with van der Waals surface area (Å²) in [6.45, 7) is 11.9. The first-order valence-corrected chi connectivity index (χ1v) is 8.95. The van der Waals surface area contributed by atoms with Gasteiger partial charge in [-0.15, -0.1) is 0 Å². The average Bonchev–Trinajstić information content (AvgIpc) is 2.35. The number of nitrogens with one attached hydrogen (secondary N) is 1. The number of hydrogen-bond acceptors (Lipinski definition) is 4. The smallest absolute Gasteiger partial charge is 0.133 e. The second-order valence-corrected chi connectivity index (χ2v) is 8.83. The molecule has 3 nitrogen and oxygen atoms in total. The molecule has 1 aliphatic heterocycles. The second kappa shape index (κ2) is 6.67. The van der Waals surface area contributed by atoms with Gasteiger partial charge in [0.15, 0.2) is 0 Å². The fraction of sp³-hybridized carbons (Fsp3) is 0.667. The van der Waals surface area contributed by atoms with Crippen molar-refractivity contribution < 1.29 is 0 Å². The predicted octanol–water partition coefficient (Wildman–Crippen LogP) is 3.67. The van der Waals surface area contributed by atoms with Crippen LogP contribution in [0.4, 0.5) is 5.82 Å². The third-order valence-electron chi connectivity index (χ3n) is 3.26. The van der Waals surface area contributed by atoms with Crippen molar-refractivity contribution in [3.8, 4) is 0 Å². The minimum atomic E-state index is 0.116. The maximum Gasteiger partial charge on any atom is 0.133 e. The highest BCUT2D eigenvalue weighted by molar-refractivity contribution is 9.10.